The number of para-hydroxylation sites is 2. The Morgan fingerprint density at radius 1 is 0.852 bits per heavy atom. The fraction of sp³-hybridized carbons (Fsp3) is 0.0909. The summed E-state index contributed by atoms with van der Waals surface area (Å²) >= 11 is 0. The van der Waals surface area contributed by atoms with Gasteiger partial charge in [-0.3, -0.25) is 14.9 Å². The maximum Gasteiger partial charge on any atom is 0.259 e. The highest BCUT2D eigenvalue weighted by Gasteiger charge is 2.34. The van der Waals surface area contributed by atoms with Crippen LogP contribution in [0.4, 0.5) is 0 Å². The summed E-state index contributed by atoms with van der Waals surface area (Å²) in [4.78, 5) is 28.7. The topological polar surface area (TPSA) is 66.9 Å². The van der Waals surface area contributed by atoms with Gasteiger partial charge in [-0.1, -0.05) is 36.4 Å². The van der Waals surface area contributed by atoms with Crippen molar-refractivity contribution in [1.82, 2.24) is 14.9 Å². The lowest BCUT2D eigenvalue weighted by Gasteiger charge is -2.03. The van der Waals surface area contributed by atoms with Crippen LogP contribution in [0.25, 0.3) is 33.0 Å². The number of nitrogens with zero attached hydrogens (tertiary/aromatic N) is 1. The summed E-state index contributed by atoms with van der Waals surface area (Å²) in [6.45, 7) is 2.84. The minimum atomic E-state index is -0.354. The van der Waals surface area contributed by atoms with Gasteiger partial charge in [-0.15, -0.1) is 0 Å². The molecule has 0 aliphatic carbocycles. The molecule has 2 amide bonds. The zero-order valence-electron chi connectivity index (χ0n) is 14.7. The highest BCUT2D eigenvalue weighted by Crippen LogP contribution is 2.38. The van der Waals surface area contributed by atoms with Crippen molar-refractivity contribution in [2.75, 3.05) is 0 Å². The van der Waals surface area contributed by atoms with Crippen LogP contribution in [0.1, 0.15) is 18.1 Å². The maximum atomic E-state index is 12.8. The molecule has 0 saturated heterocycles. The lowest BCUT2D eigenvalue weighted by atomic mass is 9.95. The van der Waals surface area contributed by atoms with Gasteiger partial charge in [0.25, 0.3) is 11.8 Å². The number of hydrogen-bond donors (Lipinski definition) is 2. The molecule has 5 heteroatoms. The van der Waals surface area contributed by atoms with Crippen molar-refractivity contribution in [3.63, 3.8) is 0 Å². The molecule has 2 N–H and O–H groups in total. The monoisotopic (exact) mass is 355 g/mol. The third kappa shape index (κ3) is 2.18. The van der Waals surface area contributed by atoms with Gasteiger partial charge in [-0.2, -0.15) is 0 Å². The molecule has 5 rings (SSSR count). The van der Waals surface area contributed by atoms with Crippen molar-refractivity contribution >= 4 is 44.8 Å². The number of aromatic nitrogens is 2. The minimum Gasteiger partial charge on any atom is -0.361 e. The van der Waals surface area contributed by atoms with Gasteiger partial charge in [0.1, 0.15) is 0 Å². The fourth-order valence-electron chi connectivity index (χ4n) is 3.96. The van der Waals surface area contributed by atoms with E-state index in [-0.39, 0.29) is 11.8 Å². The molecule has 0 spiro atoms. The van der Waals surface area contributed by atoms with E-state index in [1.807, 2.05) is 54.7 Å². The van der Waals surface area contributed by atoms with Crippen LogP contribution in [0.5, 0.6) is 0 Å². The summed E-state index contributed by atoms with van der Waals surface area (Å²) in [6.07, 6.45) is 3.77. The van der Waals surface area contributed by atoms with Crippen LogP contribution in [-0.4, -0.2) is 21.4 Å². The van der Waals surface area contributed by atoms with Gasteiger partial charge in [-0.25, -0.2) is 0 Å². The summed E-state index contributed by atoms with van der Waals surface area (Å²) < 4.78 is 2.10. The normalized spacial score (nSPS) is 14.6. The lowest BCUT2D eigenvalue weighted by molar-refractivity contribution is -0.122. The highest BCUT2D eigenvalue weighted by molar-refractivity contribution is 6.50. The molecule has 2 aromatic carbocycles. The molecule has 0 saturated carbocycles. The maximum absolute atomic E-state index is 12.8. The number of H-pyrrole nitrogens is 1. The van der Waals surface area contributed by atoms with Crippen LogP contribution < -0.4 is 5.32 Å². The summed E-state index contributed by atoms with van der Waals surface area (Å²) in [5.41, 5.74) is 4.38. The second kappa shape index (κ2) is 5.71. The van der Waals surface area contributed by atoms with Crippen LogP contribution in [-0.2, 0) is 16.1 Å². The number of benzene rings is 2. The second-order valence-electron chi connectivity index (χ2n) is 6.63. The van der Waals surface area contributed by atoms with Crippen molar-refractivity contribution in [2.24, 2.45) is 0 Å². The van der Waals surface area contributed by atoms with E-state index in [4.69, 9.17) is 0 Å². The minimum absolute atomic E-state index is 0.348. The van der Waals surface area contributed by atoms with Gasteiger partial charge in [0.2, 0.25) is 0 Å². The van der Waals surface area contributed by atoms with E-state index < -0.39 is 0 Å². The van der Waals surface area contributed by atoms with Gasteiger partial charge in [-0.05, 0) is 19.1 Å². The first-order valence-electron chi connectivity index (χ1n) is 8.93. The SMILES string of the molecule is CCn1cc(C2=C(c3c[nH]c4ccccc34)C(=O)NC2=O)c2ccccc21. The average Bonchev–Trinajstić information content (AvgIpc) is 3.34. The van der Waals surface area contributed by atoms with Crippen LogP contribution in [0.2, 0.25) is 0 Å². The van der Waals surface area contributed by atoms with E-state index >= 15 is 0 Å². The number of fused-ring (bicyclic) bond motifs is 2. The Balaban J connectivity index is 1.86. The van der Waals surface area contributed by atoms with Crippen LogP contribution in [0.3, 0.4) is 0 Å². The van der Waals surface area contributed by atoms with Gasteiger partial charge < -0.3 is 9.55 Å². The van der Waals surface area contributed by atoms with Crippen molar-refractivity contribution in [1.29, 1.82) is 0 Å². The Morgan fingerprint density at radius 3 is 2.30 bits per heavy atom. The number of carbonyl (C=O) groups is 2. The average molecular weight is 355 g/mol. The van der Waals surface area contributed by atoms with Crippen LogP contribution in [0.15, 0.2) is 60.9 Å². The van der Waals surface area contributed by atoms with Gasteiger partial charge >= 0.3 is 0 Å². The van der Waals surface area contributed by atoms with Crippen molar-refractivity contribution in [2.45, 2.75) is 13.5 Å². The van der Waals surface area contributed by atoms with E-state index in [2.05, 4.69) is 21.8 Å². The van der Waals surface area contributed by atoms with Crippen molar-refractivity contribution in [3.05, 3.63) is 72.1 Å². The third-order valence-corrected chi connectivity index (χ3v) is 5.19. The molecule has 0 radical (unpaired) electrons. The van der Waals surface area contributed by atoms with Crippen LogP contribution >= 0.6 is 0 Å². The van der Waals surface area contributed by atoms with E-state index in [1.165, 1.54) is 0 Å². The smallest absolute Gasteiger partial charge is 0.259 e. The lowest BCUT2D eigenvalue weighted by Crippen LogP contribution is -2.22. The van der Waals surface area contributed by atoms with E-state index in [1.54, 1.807) is 6.20 Å². The molecule has 5 nitrogen and oxygen atoms in total. The molecule has 1 aliphatic heterocycles. The molecule has 0 bridgehead atoms. The van der Waals surface area contributed by atoms with E-state index in [9.17, 15) is 9.59 Å². The third-order valence-electron chi connectivity index (χ3n) is 5.19. The molecule has 4 aromatic rings. The number of aromatic amines is 1. The summed E-state index contributed by atoms with van der Waals surface area (Å²) in [5.74, 6) is -0.702. The van der Waals surface area contributed by atoms with Gasteiger partial charge in [0.15, 0.2) is 0 Å². The zero-order chi connectivity index (χ0) is 18.5. The Labute approximate surface area is 155 Å². The summed E-state index contributed by atoms with van der Waals surface area (Å²) in [6, 6.07) is 15.7. The first kappa shape index (κ1) is 15.6. The quantitative estimate of drug-likeness (QED) is 0.550. The molecule has 0 atom stereocenters. The van der Waals surface area contributed by atoms with E-state index in [0.29, 0.717) is 11.1 Å². The standard InChI is InChI=1S/C22H17N3O2/c1-2-25-12-16(14-8-4-6-10-18(14)25)20-19(21(26)24-22(20)27)15-11-23-17-9-5-3-7-13(15)17/h3-12,23H,2H2,1H3,(H,24,26,27). The molecule has 0 fully saturated rings. The Hall–Kier alpha value is -3.60. The zero-order valence-corrected chi connectivity index (χ0v) is 14.7. The summed E-state index contributed by atoms with van der Waals surface area (Å²) in [7, 11) is 0. The largest absolute Gasteiger partial charge is 0.361 e. The number of nitrogens with one attached hydrogen (secondary N) is 2. The summed E-state index contributed by atoms with van der Waals surface area (Å²) in [5, 5.41) is 4.38. The molecule has 3 heterocycles. The Bertz CT molecular complexity index is 1270. The molecule has 1 aliphatic rings. The van der Waals surface area contributed by atoms with Crippen molar-refractivity contribution < 1.29 is 9.59 Å². The van der Waals surface area contributed by atoms with Crippen LogP contribution in [0, 0.1) is 0 Å². The number of carbonyl (C=O) groups excluding carboxylic acids is 2. The number of aryl methyl sites for hydroxylation is 1. The molecule has 27 heavy (non-hydrogen) atoms. The Kier molecular flexibility index (Phi) is 3.31. The molecule has 132 valence electrons. The Morgan fingerprint density at radius 2 is 1.52 bits per heavy atom. The van der Waals surface area contributed by atoms with Crippen molar-refractivity contribution in [3.8, 4) is 0 Å². The molecular formula is C22H17N3O2. The second-order valence-corrected chi connectivity index (χ2v) is 6.63. The highest BCUT2D eigenvalue weighted by atomic mass is 16.2. The number of amides is 2. The first-order valence-corrected chi connectivity index (χ1v) is 8.93. The first-order chi connectivity index (χ1) is 13.2. The number of rotatable bonds is 3. The van der Waals surface area contributed by atoms with E-state index in [0.717, 1.165) is 39.5 Å². The van der Waals surface area contributed by atoms with Gasteiger partial charge in [0.05, 0.1) is 11.1 Å². The number of hydrogen-bond acceptors (Lipinski definition) is 2. The molecular weight excluding hydrogens is 338 g/mol. The molecule has 2 aromatic heterocycles. The number of imide groups is 1. The molecule has 0 unspecified atom stereocenters. The van der Waals surface area contributed by atoms with Gasteiger partial charge in [0, 0.05) is 51.9 Å². The predicted octanol–water partition coefficient (Wildman–Crippen LogP) is 3.71. The fourth-order valence-corrected chi connectivity index (χ4v) is 3.96. The predicted molar refractivity (Wildman–Crippen MR) is 106 cm³/mol.